The van der Waals surface area contributed by atoms with Gasteiger partial charge in [-0.3, -0.25) is 4.68 Å². The Morgan fingerprint density at radius 3 is 2.75 bits per heavy atom. The number of sulfone groups is 1. The number of nitrogens with one attached hydrogen (secondary N) is 1. The summed E-state index contributed by atoms with van der Waals surface area (Å²) in [6, 6.07) is 0.585. The van der Waals surface area contributed by atoms with Crippen molar-refractivity contribution < 1.29 is 8.42 Å². The molecule has 0 spiro atoms. The largest absolute Gasteiger partial charge is 0.314 e. The molecule has 6 heteroatoms. The van der Waals surface area contributed by atoms with E-state index >= 15 is 0 Å². The summed E-state index contributed by atoms with van der Waals surface area (Å²) in [6.07, 6.45) is 4.18. The predicted octanol–water partition coefficient (Wildman–Crippen LogP) is 1.15. The molecule has 5 nitrogen and oxygen atoms in total. The van der Waals surface area contributed by atoms with Gasteiger partial charge in [-0.1, -0.05) is 0 Å². The van der Waals surface area contributed by atoms with Crippen molar-refractivity contribution in [1.29, 1.82) is 0 Å². The van der Waals surface area contributed by atoms with Crippen molar-refractivity contribution in [1.82, 2.24) is 15.1 Å². The van der Waals surface area contributed by atoms with Gasteiger partial charge in [-0.25, -0.2) is 8.42 Å². The number of hydrogen-bond donors (Lipinski definition) is 1. The summed E-state index contributed by atoms with van der Waals surface area (Å²) in [6.45, 7) is 5.23. The van der Waals surface area contributed by atoms with E-state index in [2.05, 4.69) is 17.3 Å². The molecule has 2 fully saturated rings. The lowest BCUT2D eigenvalue weighted by atomic mass is 10.0. The first-order valence-electron chi connectivity index (χ1n) is 7.44. The third-order valence-electron chi connectivity index (χ3n) is 4.64. The van der Waals surface area contributed by atoms with E-state index in [1.54, 1.807) is 0 Å². The highest BCUT2D eigenvalue weighted by Crippen LogP contribution is 2.27. The number of aryl methyl sites for hydroxylation is 1. The van der Waals surface area contributed by atoms with E-state index in [0.29, 0.717) is 18.2 Å². The Labute approximate surface area is 120 Å². The first-order valence-corrected chi connectivity index (χ1v) is 9.27. The maximum absolute atomic E-state index is 11.6. The van der Waals surface area contributed by atoms with Gasteiger partial charge in [0.05, 0.1) is 23.2 Å². The van der Waals surface area contributed by atoms with Crippen LogP contribution in [0.25, 0.3) is 0 Å². The summed E-state index contributed by atoms with van der Waals surface area (Å²) in [5.74, 6) is 0.547. The van der Waals surface area contributed by atoms with E-state index in [4.69, 9.17) is 0 Å². The lowest BCUT2D eigenvalue weighted by molar-refractivity contribution is 0.484. The standard InChI is InChI=1S/C14H23N3O2S/c1-10-14(8-12-4-3-6-15-12)11(2)17(16-10)13-5-7-20(18,19)9-13/h12-13,15H,3-9H2,1-2H3/t12-,13+/m1/s1. The lowest BCUT2D eigenvalue weighted by Crippen LogP contribution is -2.24. The summed E-state index contributed by atoms with van der Waals surface area (Å²) in [5.41, 5.74) is 3.51. The minimum absolute atomic E-state index is 0.0315. The SMILES string of the molecule is Cc1nn([C@H]2CCS(=O)(=O)C2)c(C)c1C[C@H]1CCCN1. The van der Waals surface area contributed by atoms with Crippen molar-refractivity contribution in [3.05, 3.63) is 17.0 Å². The van der Waals surface area contributed by atoms with Gasteiger partial charge in [0.2, 0.25) is 0 Å². The molecule has 2 atom stereocenters. The third kappa shape index (κ3) is 2.63. The normalized spacial score (nSPS) is 29.1. The van der Waals surface area contributed by atoms with E-state index in [0.717, 1.165) is 24.4 Å². The maximum atomic E-state index is 11.6. The van der Waals surface area contributed by atoms with Crippen LogP contribution in [0.2, 0.25) is 0 Å². The van der Waals surface area contributed by atoms with Crippen LogP contribution in [0.1, 0.15) is 42.3 Å². The molecule has 0 saturated carbocycles. The van der Waals surface area contributed by atoms with Crippen molar-refractivity contribution >= 4 is 9.84 Å². The van der Waals surface area contributed by atoms with E-state index in [-0.39, 0.29) is 11.8 Å². The van der Waals surface area contributed by atoms with Crippen molar-refractivity contribution in [2.45, 2.75) is 51.6 Å². The highest BCUT2D eigenvalue weighted by molar-refractivity contribution is 7.91. The molecule has 2 aliphatic heterocycles. The highest BCUT2D eigenvalue weighted by Gasteiger charge is 2.31. The zero-order valence-corrected chi connectivity index (χ0v) is 13.0. The molecular formula is C14H23N3O2S. The topological polar surface area (TPSA) is 64.0 Å². The molecule has 112 valence electrons. The molecule has 0 radical (unpaired) electrons. The molecule has 3 rings (SSSR count). The molecule has 1 aromatic heterocycles. The van der Waals surface area contributed by atoms with Gasteiger partial charge in [0.25, 0.3) is 0 Å². The fourth-order valence-electron chi connectivity index (χ4n) is 3.49. The minimum atomic E-state index is -2.86. The number of nitrogens with zero attached hydrogens (tertiary/aromatic N) is 2. The Morgan fingerprint density at radius 2 is 2.15 bits per heavy atom. The van der Waals surface area contributed by atoms with E-state index in [9.17, 15) is 8.42 Å². The zero-order valence-electron chi connectivity index (χ0n) is 12.2. The molecule has 1 N–H and O–H groups in total. The first-order chi connectivity index (χ1) is 9.46. The van der Waals surface area contributed by atoms with Gasteiger partial charge < -0.3 is 5.32 Å². The second kappa shape index (κ2) is 5.15. The molecule has 3 heterocycles. The van der Waals surface area contributed by atoms with Gasteiger partial charge in [-0.05, 0) is 51.6 Å². The van der Waals surface area contributed by atoms with Crippen LogP contribution in [-0.4, -0.2) is 42.3 Å². The van der Waals surface area contributed by atoms with Crippen LogP contribution in [0.4, 0.5) is 0 Å². The molecule has 2 saturated heterocycles. The average Bonchev–Trinajstić information content (AvgIpc) is 3.06. The van der Waals surface area contributed by atoms with Crippen LogP contribution in [0.3, 0.4) is 0 Å². The maximum Gasteiger partial charge on any atom is 0.152 e. The van der Waals surface area contributed by atoms with Crippen LogP contribution in [0.5, 0.6) is 0 Å². The van der Waals surface area contributed by atoms with Crippen LogP contribution >= 0.6 is 0 Å². The van der Waals surface area contributed by atoms with Gasteiger partial charge in [0.1, 0.15) is 0 Å². The first kappa shape index (κ1) is 14.1. The van der Waals surface area contributed by atoms with Crippen LogP contribution in [0, 0.1) is 13.8 Å². The summed E-state index contributed by atoms with van der Waals surface area (Å²) in [5, 5.41) is 8.14. The van der Waals surface area contributed by atoms with Crippen LogP contribution < -0.4 is 5.32 Å². The van der Waals surface area contributed by atoms with Gasteiger partial charge in [-0.2, -0.15) is 5.10 Å². The second-order valence-electron chi connectivity index (χ2n) is 6.15. The zero-order chi connectivity index (χ0) is 14.3. The van der Waals surface area contributed by atoms with E-state index < -0.39 is 9.84 Å². The fraction of sp³-hybridized carbons (Fsp3) is 0.786. The van der Waals surface area contributed by atoms with Gasteiger partial charge >= 0.3 is 0 Å². The lowest BCUT2D eigenvalue weighted by Gasteiger charge is -2.13. The number of rotatable bonds is 3. The van der Waals surface area contributed by atoms with Crippen molar-refractivity contribution in [3.8, 4) is 0 Å². The van der Waals surface area contributed by atoms with Crippen LogP contribution in [-0.2, 0) is 16.3 Å². The van der Waals surface area contributed by atoms with Crippen molar-refractivity contribution in [2.75, 3.05) is 18.1 Å². The Hall–Kier alpha value is -0.880. The monoisotopic (exact) mass is 297 g/mol. The minimum Gasteiger partial charge on any atom is -0.314 e. The molecule has 0 amide bonds. The Balaban J connectivity index is 1.83. The van der Waals surface area contributed by atoms with Crippen LogP contribution in [0.15, 0.2) is 0 Å². The third-order valence-corrected chi connectivity index (χ3v) is 6.39. The predicted molar refractivity (Wildman–Crippen MR) is 78.7 cm³/mol. The molecule has 0 bridgehead atoms. The number of hydrogen-bond acceptors (Lipinski definition) is 4. The van der Waals surface area contributed by atoms with Gasteiger partial charge in [0.15, 0.2) is 9.84 Å². The average molecular weight is 297 g/mol. The van der Waals surface area contributed by atoms with Crippen molar-refractivity contribution in [3.63, 3.8) is 0 Å². The Kier molecular flexibility index (Phi) is 3.62. The number of aromatic nitrogens is 2. The molecule has 20 heavy (non-hydrogen) atoms. The molecule has 0 unspecified atom stereocenters. The quantitative estimate of drug-likeness (QED) is 0.909. The van der Waals surface area contributed by atoms with E-state index in [1.807, 2.05) is 11.6 Å². The summed E-state index contributed by atoms with van der Waals surface area (Å²) < 4.78 is 25.3. The Bertz CT molecular complexity index is 600. The molecule has 0 aromatic carbocycles. The Morgan fingerprint density at radius 1 is 1.35 bits per heavy atom. The molecule has 0 aliphatic carbocycles. The molecule has 2 aliphatic rings. The van der Waals surface area contributed by atoms with Gasteiger partial charge in [0, 0.05) is 11.7 Å². The smallest absolute Gasteiger partial charge is 0.152 e. The fourth-order valence-corrected chi connectivity index (χ4v) is 5.19. The summed E-state index contributed by atoms with van der Waals surface area (Å²) >= 11 is 0. The van der Waals surface area contributed by atoms with E-state index in [1.165, 1.54) is 18.4 Å². The highest BCUT2D eigenvalue weighted by atomic mass is 32.2. The van der Waals surface area contributed by atoms with Gasteiger partial charge in [-0.15, -0.1) is 0 Å². The molecular weight excluding hydrogens is 274 g/mol. The van der Waals surface area contributed by atoms with Crippen molar-refractivity contribution in [2.24, 2.45) is 0 Å². The summed E-state index contributed by atoms with van der Waals surface area (Å²) in [4.78, 5) is 0. The second-order valence-corrected chi connectivity index (χ2v) is 8.38. The molecule has 1 aromatic rings. The summed E-state index contributed by atoms with van der Waals surface area (Å²) in [7, 11) is -2.86.